The fourth-order valence-corrected chi connectivity index (χ4v) is 10.1. The van der Waals surface area contributed by atoms with Crippen LogP contribution in [0, 0.1) is 0 Å². The van der Waals surface area contributed by atoms with Crippen LogP contribution >= 0.6 is 46.4 Å². The number of hydrogen-bond donors (Lipinski definition) is 7. The normalized spacial score (nSPS) is 17.8. The van der Waals surface area contributed by atoms with E-state index in [-0.39, 0.29) is 124 Å². The van der Waals surface area contributed by atoms with Crippen LogP contribution in [0.5, 0.6) is 11.5 Å². The van der Waals surface area contributed by atoms with Gasteiger partial charge < -0.3 is 30.2 Å². The van der Waals surface area contributed by atoms with Crippen LogP contribution in [-0.2, 0) is 45.2 Å². The molecule has 0 radical (unpaired) electrons. The van der Waals surface area contributed by atoms with Crippen LogP contribution in [0.25, 0.3) is 0 Å². The third kappa shape index (κ3) is 16.8. The highest BCUT2D eigenvalue weighted by atomic mass is 35.5. The second-order valence-electron chi connectivity index (χ2n) is 15.7. The molecule has 33 heteroatoms. The highest BCUT2D eigenvalue weighted by molar-refractivity contribution is 7.90. The Morgan fingerprint density at radius 3 is 1.76 bits per heavy atom. The lowest BCUT2D eigenvalue weighted by molar-refractivity contribution is 0.120. The Morgan fingerprint density at radius 2 is 1.26 bits per heavy atom. The largest absolute Gasteiger partial charge is 0.491 e. The van der Waals surface area contributed by atoms with Gasteiger partial charge in [-0.1, -0.05) is 40.9 Å². The highest BCUT2D eigenvalue weighted by Gasteiger charge is 2.36. The maximum Gasteiger partial charge on any atom is 0.296 e. The van der Waals surface area contributed by atoms with Gasteiger partial charge in [0.15, 0.2) is 0 Å². The average molecular weight is 1160 g/mol. The molecule has 0 spiro atoms. The Balaban J connectivity index is 1.37. The molecule has 6 rings (SSSR count). The Morgan fingerprint density at radius 1 is 0.722 bits per heavy atom. The molecule has 4 aromatic rings. The number of anilines is 5. The van der Waals surface area contributed by atoms with E-state index in [4.69, 9.17) is 60.6 Å². The van der Waals surface area contributed by atoms with Crippen molar-refractivity contribution in [3.8, 4) is 11.5 Å². The van der Waals surface area contributed by atoms with E-state index in [9.17, 15) is 51.9 Å². The van der Waals surface area contributed by atoms with Crippen LogP contribution in [-0.4, -0.2) is 116 Å². The number of halogens is 4. The summed E-state index contributed by atoms with van der Waals surface area (Å²) in [7, 11) is -18.2. The summed E-state index contributed by atoms with van der Waals surface area (Å²) >= 11 is 25.6. The van der Waals surface area contributed by atoms with Gasteiger partial charge in [-0.3, -0.25) is 18.2 Å². The Labute approximate surface area is 432 Å². The predicted octanol–water partition coefficient (Wildman–Crippen LogP) is 9.03. The number of azo groups is 2. The zero-order valence-corrected chi connectivity index (χ0v) is 43.4. The second kappa shape index (κ2) is 23.5. The summed E-state index contributed by atoms with van der Waals surface area (Å²) in [5, 5.41) is 25.0. The van der Waals surface area contributed by atoms with Crippen LogP contribution in [0.4, 0.5) is 46.3 Å². The number of aromatic nitrogens is 3. The van der Waals surface area contributed by atoms with E-state index < -0.39 is 66.7 Å². The van der Waals surface area contributed by atoms with Crippen molar-refractivity contribution in [2.45, 2.75) is 54.9 Å². The monoisotopic (exact) mass is 1160 g/mol. The van der Waals surface area contributed by atoms with E-state index in [1.807, 2.05) is 0 Å². The van der Waals surface area contributed by atoms with Crippen LogP contribution < -0.4 is 25.4 Å². The molecule has 2 unspecified atom stereocenters. The van der Waals surface area contributed by atoms with Gasteiger partial charge in [0.05, 0.1) is 78.4 Å². The van der Waals surface area contributed by atoms with E-state index in [1.165, 1.54) is 49.4 Å². The molecule has 0 bridgehead atoms. The lowest BCUT2D eigenvalue weighted by Gasteiger charge is -2.25. The van der Waals surface area contributed by atoms with E-state index in [0.29, 0.717) is 6.61 Å². The lowest BCUT2D eigenvalue weighted by atomic mass is 10.0. The summed E-state index contributed by atoms with van der Waals surface area (Å²) in [5.41, 5.74) is 0.0738. The molecular formula is C39H42Cl4N10O15S4. The molecule has 1 saturated heterocycles. The molecule has 2 aliphatic rings. The molecule has 1 aromatic heterocycles. The quantitative estimate of drug-likeness (QED) is 0.0157. The fraction of sp³-hybridized carbons (Fsp3) is 0.359. The Hall–Kier alpha value is -4.89. The third-order valence-electron chi connectivity index (χ3n) is 9.85. The average Bonchev–Trinajstić information content (AvgIpc) is 3.79. The van der Waals surface area contributed by atoms with Gasteiger partial charge in [0.25, 0.3) is 40.5 Å². The number of alkyl halides is 1. The summed E-state index contributed by atoms with van der Waals surface area (Å²) in [6, 6.07) is 8.75. The van der Waals surface area contributed by atoms with Crippen LogP contribution in [0.1, 0.15) is 39.0 Å². The number of benzene rings is 3. The maximum atomic E-state index is 12.1. The molecule has 72 heavy (non-hydrogen) atoms. The highest BCUT2D eigenvalue weighted by Crippen LogP contribution is 2.42. The third-order valence-corrected chi connectivity index (χ3v) is 15.0. The van der Waals surface area contributed by atoms with E-state index in [2.05, 4.69) is 51.4 Å². The molecule has 1 aliphatic heterocycles. The molecule has 25 nitrogen and oxygen atoms in total. The van der Waals surface area contributed by atoms with Crippen LogP contribution in [0.3, 0.4) is 0 Å². The van der Waals surface area contributed by atoms with Gasteiger partial charge in [0.1, 0.15) is 27.8 Å². The lowest BCUT2D eigenvalue weighted by Crippen LogP contribution is -2.27. The van der Waals surface area contributed by atoms with E-state index in [1.54, 1.807) is 0 Å². The zero-order chi connectivity index (χ0) is 52.6. The number of rotatable bonds is 23. The van der Waals surface area contributed by atoms with E-state index in [0.717, 1.165) is 25.0 Å². The van der Waals surface area contributed by atoms with Gasteiger partial charge >= 0.3 is 0 Å². The molecule has 390 valence electrons. The summed E-state index contributed by atoms with van der Waals surface area (Å²) in [4.78, 5) is 10.9. The van der Waals surface area contributed by atoms with Crippen molar-refractivity contribution in [2.24, 2.45) is 20.5 Å². The van der Waals surface area contributed by atoms with Gasteiger partial charge in [-0.2, -0.15) is 58.9 Å². The molecule has 0 saturated carbocycles. The van der Waals surface area contributed by atoms with Crippen molar-refractivity contribution in [1.82, 2.24) is 15.0 Å². The molecule has 7 N–H and O–H groups in total. The van der Waals surface area contributed by atoms with Gasteiger partial charge in [-0.25, -0.2) is 0 Å². The van der Waals surface area contributed by atoms with Gasteiger partial charge in [0.2, 0.25) is 17.8 Å². The number of nitrogens with one attached hydrogen (secondary N) is 3. The van der Waals surface area contributed by atoms with Gasteiger partial charge in [-0.15, -0.1) is 21.8 Å². The fourth-order valence-electron chi connectivity index (χ4n) is 6.47. The molecule has 2 atom stereocenters. The first-order chi connectivity index (χ1) is 33.6. The Kier molecular flexibility index (Phi) is 18.4. The minimum absolute atomic E-state index is 0.00289. The van der Waals surface area contributed by atoms with Crippen molar-refractivity contribution in [2.75, 3.05) is 53.8 Å². The summed E-state index contributed by atoms with van der Waals surface area (Å²) in [6.45, 7) is 1.68. The molecule has 0 amide bonds. The Bertz CT molecular complexity index is 3290. The first-order valence-electron chi connectivity index (χ1n) is 20.8. The zero-order valence-electron chi connectivity index (χ0n) is 37.1. The summed E-state index contributed by atoms with van der Waals surface area (Å²) in [6.07, 6.45) is 3.55. The van der Waals surface area contributed by atoms with Crippen LogP contribution in [0.2, 0.25) is 15.1 Å². The predicted molar refractivity (Wildman–Crippen MR) is 266 cm³/mol. The first kappa shape index (κ1) is 56.4. The molecule has 3 aromatic carbocycles. The molecule has 1 aliphatic carbocycles. The first-order valence-corrected chi connectivity index (χ1v) is 28.4. The molecule has 1 fully saturated rings. The standard InChI is InChI=1S/C39H42Cl4N10O15S4/c1-39(43)9-8-23(16-35(39)72(63,64)65)51-53-29-20-33(68-12-4-14-70(57,58)59)31(18-27(29)42)46-38-48-36(44-21-24-5-2-10-66-24)47-37(49-38)45-30-17-26(41)28(19-32(30)67-11-3-13-69(54,55)56)52-50-22-6-7-25(40)34(15-22)71(60,61)62/h6-8,15-20,24H,2-5,9-14,21H2,1H3,(H,54,55,56)(H,57,58,59)(H,60,61,62)(H,63,64,65)(H3,44,45,46,47,48,49). The summed E-state index contributed by atoms with van der Waals surface area (Å²) < 4.78 is 149. The maximum absolute atomic E-state index is 12.1. The topological polar surface area (TPSA) is 369 Å². The smallest absolute Gasteiger partial charge is 0.296 e. The van der Waals surface area contributed by atoms with Gasteiger partial charge in [0, 0.05) is 25.3 Å². The minimum atomic E-state index is -4.73. The number of ether oxygens (including phenoxy) is 3. The van der Waals surface area contributed by atoms with Crippen molar-refractivity contribution < 1.29 is 66.1 Å². The van der Waals surface area contributed by atoms with E-state index >= 15 is 0 Å². The van der Waals surface area contributed by atoms with Crippen molar-refractivity contribution in [3.05, 3.63) is 80.3 Å². The SMILES string of the molecule is CC1(Cl)CC=C(N=Nc2cc(OCCCS(=O)(=O)O)c(Nc3nc(NCC4CCCO4)nc(Nc4cc(Cl)c(N=Nc5ccc(Cl)c(S(=O)(=O)O)c5)cc4OCCCS(=O)(=O)O)n3)cc2Cl)C=C1S(=O)(=O)O. The number of hydrogen-bond acceptors (Lipinski definition) is 21. The minimum Gasteiger partial charge on any atom is -0.491 e. The summed E-state index contributed by atoms with van der Waals surface area (Å²) in [5.74, 6) is -1.65. The van der Waals surface area contributed by atoms with Crippen molar-refractivity contribution in [3.63, 3.8) is 0 Å². The molecular weight excluding hydrogens is 1120 g/mol. The van der Waals surface area contributed by atoms with Crippen molar-refractivity contribution >= 4 is 133 Å². The van der Waals surface area contributed by atoms with Crippen LogP contribution in [0.15, 0.2) is 90.6 Å². The molecule has 2 heterocycles. The van der Waals surface area contributed by atoms with Gasteiger partial charge in [-0.05, 0) is 75.4 Å². The van der Waals surface area contributed by atoms with Crippen molar-refractivity contribution in [1.29, 1.82) is 0 Å². The second-order valence-corrected chi connectivity index (χ2v) is 23.6. The number of allylic oxidation sites excluding steroid dienone is 3. The number of nitrogens with zero attached hydrogens (tertiary/aromatic N) is 7.